The minimum absolute atomic E-state index is 0.694. The van der Waals surface area contributed by atoms with Crippen LogP contribution >= 0.6 is 0 Å². The Kier molecular flexibility index (Phi) is 4.61. The molecule has 1 saturated heterocycles. The average Bonchev–Trinajstić information content (AvgIpc) is 2.38. The molecule has 0 spiro atoms. The van der Waals surface area contributed by atoms with E-state index in [1.165, 1.54) is 36.9 Å². The van der Waals surface area contributed by atoms with Gasteiger partial charge in [0, 0.05) is 6.61 Å². The highest BCUT2D eigenvalue weighted by molar-refractivity contribution is 6.51. The van der Waals surface area contributed by atoms with Crippen LogP contribution in [0.1, 0.15) is 37.7 Å². The van der Waals surface area contributed by atoms with Crippen molar-refractivity contribution in [1.29, 1.82) is 0 Å². The quantitative estimate of drug-likeness (QED) is 0.722. The molecule has 1 fully saturated rings. The molecule has 0 aromatic heterocycles. The molecule has 0 aliphatic carbocycles. The van der Waals surface area contributed by atoms with E-state index in [1.807, 2.05) is 0 Å². The molecule has 0 N–H and O–H groups in total. The zero-order valence-electron chi connectivity index (χ0n) is 10.2. The topological polar surface area (TPSA) is 9.23 Å². The zero-order chi connectivity index (χ0) is 11.2. The minimum Gasteiger partial charge on any atom is -0.420 e. The van der Waals surface area contributed by atoms with Gasteiger partial charge < -0.3 is 4.43 Å². The van der Waals surface area contributed by atoms with Crippen LogP contribution in [0.2, 0.25) is 12.1 Å². The highest BCUT2D eigenvalue weighted by Crippen LogP contribution is 2.24. The van der Waals surface area contributed by atoms with E-state index in [2.05, 4.69) is 37.3 Å². The van der Waals surface area contributed by atoms with E-state index in [1.54, 1.807) is 0 Å². The van der Waals surface area contributed by atoms with Crippen LogP contribution in [0.5, 0.6) is 0 Å². The Labute approximate surface area is 101 Å². The fraction of sp³-hybridized carbons (Fsp3) is 0.571. The Morgan fingerprint density at radius 1 is 1.25 bits per heavy atom. The normalized spacial score (nSPS) is 22.9. The Bertz CT molecular complexity index is 293. The van der Waals surface area contributed by atoms with Crippen LogP contribution in [0.25, 0.3) is 0 Å². The second kappa shape index (κ2) is 6.21. The van der Waals surface area contributed by atoms with E-state index >= 15 is 0 Å². The summed E-state index contributed by atoms with van der Waals surface area (Å²) in [4.78, 5) is 0. The van der Waals surface area contributed by atoms with Crippen LogP contribution in [0.4, 0.5) is 0 Å². The van der Waals surface area contributed by atoms with Crippen molar-refractivity contribution in [2.24, 2.45) is 0 Å². The van der Waals surface area contributed by atoms with Gasteiger partial charge in [0.05, 0.1) is 0 Å². The third-order valence-electron chi connectivity index (χ3n) is 3.56. The highest BCUT2D eigenvalue weighted by Gasteiger charge is 2.17. The lowest BCUT2D eigenvalue weighted by Gasteiger charge is -2.22. The SMILES string of the molecule is CC(CC[SiH]1CCCCO1)c1ccccc1. The number of hydrogen-bond donors (Lipinski definition) is 0. The van der Waals surface area contributed by atoms with E-state index in [0.717, 1.165) is 6.61 Å². The summed E-state index contributed by atoms with van der Waals surface area (Å²) < 4.78 is 5.90. The van der Waals surface area contributed by atoms with Gasteiger partial charge in [0.1, 0.15) is 0 Å². The lowest BCUT2D eigenvalue weighted by atomic mass is 9.99. The standard InChI is InChI=1S/C14H22OSi/c1-13(14-7-3-2-4-8-14)9-12-16-11-6-5-10-15-16/h2-4,7-8,13,16H,5-6,9-12H2,1H3. The van der Waals surface area contributed by atoms with Crippen LogP contribution in [0.15, 0.2) is 30.3 Å². The van der Waals surface area contributed by atoms with Gasteiger partial charge in [0.2, 0.25) is 0 Å². The predicted octanol–water partition coefficient (Wildman–Crippen LogP) is 3.71. The van der Waals surface area contributed by atoms with Gasteiger partial charge in [0.15, 0.2) is 9.04 Å². The Morgan fingerprint density at radius 2 is 2.06 bits per heavy atom. The van der Waals surface area contributed by atoms with Crippen LogP contribution in [0, 0.1) is 0 Å². The van der Waals surface area contributed by atoms with Gasteiger partial charge in [-0.1, -0.05) is 43.7 Å². The summed E-state index contributed by atoms with van der Waals surface area (Å²) in [6.07, 6.45) is 4.01. The van der Waals surface area contributed by atoms with Crippen molar-refractivity contribution in [3.05, 3.63) is 35.9 Å². The maximum absolute atomic E-state index is 5.90. The van der Waals surface area contributed by atoms with E-state index in [4.69, 9.17) is 4.43 Å². The molecule has 0 radical (unpaired) electrons. The fourth-order valence-electron chi connectivity index (χ4n) is 2.42. The van der Waals surface area contributed by atoms with Gasteiger partial charge in [-0.25, -0.2) is 0 Å². The van der Waals surface area contributed by atoms with Crippen LogP contribution in [0.3, 0.4) is 0 Å². The first kappa shape index (κ1) is 11.9. The van der Waals surface area contributed by atoms with E-state index < -0.39 is 9.04 Å². The molecule has 1 heterocycles. The summed E-state index contributed by atoms with van der Waals surface area (Å²) in [6.45, 7) is 3.38. The number of benzene rings is 1. The van der Waals surface area contributed by atoms with Gasteiger partial charge >= 0.3 is 0 Å². The van der Waals surface area contributed by atoms with Crippen molar-refractivity contribution in [1.82, 2.24) is 0 Å². The fourth-order valence-corrected chi connectivity index (χ4v) is 5.16. The Balaban J connectivity index is 1.77. The largest absolute Gasteiger partial charge is 0.420 e. The second-order valence-corrected chi connectivity index (χ2v) is 7.61. The van der Waals surface area contributed by atoms with Crippen LogP contribution in [-0.4, -0.2) is 15.6 Å². The summed E-state index contributed by atoms with van der Waals surface area (Å²) in [5.74, 6) is 0.694. The zero-order valence-corrected chi connectivity index (χ0v) is 11.3. The molecule has 2 rings (SSSR count). The Morgan fingerprint density at radius 3 is 2.75 bits per heavy atom. The molecule has 0 amide bonds. The van der Waals surface area contributed by atoms with Crippen LogP contribution in [-0.2, 0) is 4.43 Å². The molecular weight excluding hydrogens is 212 g/mol. The first-order valence-corrected chi connectivity index (χ1v) is 8.63. The lowest BCUT2D eigenvalue weighted by Crippen LogP contribution is -2.23. The second-order valence-electron chi connectivity index (χ2n) is 4.88. The summed E-state index contributed by atoms with van der Waals surface area (Å²) in [6, 6.07) is 13.6. The molecule has 2 atom stereocenters. The molecule has 1 aliphatic rings. The predicted molar refractivity (Wildman–Crippen MR) is 71.4 cm³/mol. The lowest BCUT2D eigenvalue weighted by molar-refractivity contribution is 0.285. The number of hydrogen-bond acceptors (Lipinski definition) is 1. The van der Waals surface area contributed by atoms with Gasteiger partial charge in [-0.3, -0.25) is 0 Å². The van der Waals surface area contributed by atoms with Crippen molar-refractivity contribution >= 4 is 9.04 Å². The highest BCUT2D eigenvalue weighted by atomic mass is 28.3. The van der Waals surface area contributed by atoms with Gasteiger partial charge in [-0.15, -0.1) is 0 Å². The molecule has 16 heavy (non-hydrogen) atoms. The van der Waals surface area contributed by atoms with Crippen molar-refractivity contribution in [3.63, 3.8) is 0 Å². The molecule has 2 unspecified atom stereocenters. The molecule has 2 heteroatoms. The van der Waals surface area contributed by atoms with E-state index in [0.29, 0.717) is 5.92 Å². The molecule has 1 aromatic rings. The maximum atomic E-state index is 5.90. The first-order valence-electron chi connectivity index (χ1n) is 6.53. The molecule has 1 aliphatic heterocycles. The van der Waals surface area contributed by atoms with Crippen molar-refractivity contribution in [2.75, 3.05) is 6.61 Å². The molecule has 88 valence electrons. The minimum atomic E-state index is -0.806. The van der Waals surface area contributed by atoms with Crippen molar-refractivity contribution < 1.29 is 4.43 Å². The molecule has 1 nitrogen and oxygen atoms in total. The van der Waals surface area contributed by atoms with Crippen molar-refractivity contribution in [3.8, 4) is 0 Å². The third-order valence-corrected chi connectivity index (χ3v) is 6.30. The third kappa shape index (κ3) is 3.46. The first-order chi connectivity index (χ1) is 7.86. The van der Waals surface area contributed by atoms with Crippen LogP contribution < -0.4 is 0 Å². The molecule has 1 aromatic carbocycles. The summed E-state index contributed by atoms with van der Waals surface area (Å²) in [5.41, 5.74) is 1.48. The monoisotopic (exact) mass is 234 g/mol. The number of rotatable bonds is 4. The van der Waals surface area contributed by atoms with Gasteiger partial charge in [0.25, 0.3) is 0 Å². The average molecular weight is 234 g/mol. The summed E-state index contributed by atoms with van der Waals surface area (Å²) >= 11 is 0. The molecular formula is C14H22OSi. The Hall–Kier alpha value is -0.603. The van der Waals surface area contributed by atoms with E-state index in [-0.39, 0.29) is 0 Å². The maximum Gasteiger partial charge on any atom is 0.176 e. The van der Waals surface area contributed by atoms with Gasteiger partial charge in [-0.05, 0) is 36.4 Å². The summed E-state index contributed by atoms with van der Waals surface area (Å²) in [7, 11) is -0.806. The molecule has 0 bridgehead atoms. The van der Waals surface area contributed by atoms with Crippen molar-refractivity contribution in [2.45, 2.75) is 44.2 Å². The summed E-state index contributed by atoms with van der Waals surface area (Å²) in [5, 5.41) is 0. The molecule has 0 saturated carbocycles. The smallest absolute Gasteiger partial charge is 0.176 e. The van der Waals surface area contributed by atoms with E-state index in [9.17, 15) is 0 Å². The van der Waals surface area contributed by atoms with Gasteiger partial charge in [-0.2, -0.15) is 0 Å².